The van der Waals surface area contributed by atoms with Crippen molar-refractivity contribution in [2.75, 3.05) is 0 Å². The predicted molar refractivity (Wildman–Crippen MR) is 57.4 cm³/mol. The van der Waals surface area contributed by atoms with Crippen LogP contribution in [0.2, 0.25) is 15.5 Å². The van der Waals surface area contributed by atoms with Gasteiger partial charge in [-0.25, -0.2) is 4.98 Å². The van der Waals surface area contributed by atoms with Gasteiger partial charge >= 0.3 is 0 Å². The Hall–Kier alpha value is -0.770. The molecule has 6 heteroatoms. The molecule has 1 N–H and O–H groups in total. The number of fused-ring (bicyclic) bond motifs is 1. The summed E-state index contributed by atoms with van der Waals surface area (Å²) in [6.07, 6.45) is 0. The first-order valence-corrected chi connectivity index (χ1v) is 4.76. The van der Waals surface area contributed by atoms with Crippen LogP contribution in [-0.4, -0.2) is 9.97 Å². The zero-order valence-electron chi connectivity index (χ0n) is 6.64. The summed E-state index contributed by atoms with van der Waals surface area (Å²) in [6, 6.07) is 2.89. The zero-order valence-corrected chi connectivity index (χ0v) is 8.91. The highest BCUT2D eigenvalue weighted by molar-refractivity contribution is 6.41. The molecule has 2 rings (SSSR count). The third-order valence-corrected chi connectivity index (χ3v) is 2.46. The Morgan fingerprint density at radius 3 is 2.64 bits per heavy atom. The maximum atomic E-state index is 11.1. The van der Waals surface area contributed by atoms with Gasteiger partial charge < -0.3 is 4.98 Å². The molecule has 0 aliphatic rings. The van der Waals surface area contributed by atoms with Gasteiger partial charge in [0.15, 0.2) is 0 Å². The number of nitrogens with zero attached hydrogens (tertiary/aromatic N) is 1. The molecule has 0 radical (unpaired) electrons. The summed E-state index contributed by atoms with van der Waals surface area (Å²) >= 11 is 17.3. The van der Waals surface area contributed by atoms with Crippen molar-refractivity contribution in [3.05, 3.63) is 37.9 Å². The Labute approximate surface area is 93.6 Å². The number of nitrogens with one attached hydrogen (secondary N) is 1. The van der Waals surface area contributed by atoms with Crippen LogP contribution >= 0.6 is 34.8 Å². The quantitative estimate of drug-likeness (QED) is 0.730. The molecule has 0 unspecified atom stereocenters. The largest absolute Gasteiger partial charge is 0.312 e. The van der Waals surface area contributed by atoms with Crippen LogP contribution in [0.5, 0.6) is 0 Å². The predicted octanol–water partition coefficient (Wildman–Crippen LogP) is 2.88. The van der Waals surface area contributed by atoms with E-state index in [1.54, 1.807) is 0 Å². The van der Waals surface area contributed by atoms with E-state index >= 15 is 0 Å². The van der Waals surface area contributed by atoms with E-state index in [0.717, 1.165) is 0 Å². The van der Waals surface area contributed by atoms with Crippen molar-refractivity contribution in [3.63, 3.8) is 0 Å². The standard InChI is InChI=1S/C8H3Cl3N2O/c9-4-1-3-2-5(14)13-8(11)6(3)7(10)12-4/h1-2H,(H,13,14). The average Bonchev–Trinajstić information content (AvgIpc) is 1.99. The van der Waals surface area contributed by atoms with Gasteiger partial charge in [-0.3, -0.25) is 4.79 Å². The number of hydrogen-bond donors (Lipinski definition) is 1. The normalized spacial score (nSPS) is 10.8. The first-order chi connectivity index (χ1) is 6.58. The molecule has 2 heterocycles. The van der Waals surface area contributed by atoms with Crippen molar-refractivity contribution < 1.29 is 0 Å². The fourth-order valence-corrected chi connectivity index (χ4v) is 2.06. The van der Waals surface area contributed by atoms with E-state index in [1.807, 2.05) is 0 Å². The molecule has 0 atom stereocenters. The minimum atomic E-state index is -0.305. The van der Waals surface area contributed by atoms with Gasteiger partial charge in [-0.05, 0) is 11.5 Å². The summed E-state index contributed by atoms with van der Waals surface area (Å²) in [5.74, 6) is 0. The first-order valence-electron chi connectivity index (χ1n) is 3.62. The second kappa shape index (κ2) is 3.42. The molecule has 0 amide bonds. The lowest BCUT2D eigenvalue weighted by Gasteiger charge is -2.01. The van der Waals surface area contributed by atoms with Crippen molar-refractivity contribution in [2.24, 2.45) is 0 Å². The van der Waals surface area contributed by atoms with Crippen molar-refractivity contribution in [1.29, 1.82) is 0 Å². The highest BCUT2D eigenvalue weighted by atomic mass is 35.5. The lowest BCUT2D eigenvalue weighted by molar-refractivity contribution is 1.25. The molecule has 2 aromatic rings. The van der Waals surface area contributed by atoms with E-state index < -0.39 is 0 Å². The molecule has 0 aliphatic heterocycles. The highest BCUT2D eigenvalue weighted by Gasteiger charge is 2.08. The van der Waals surface area contributed by atoms with E-state index in [9.17, 15) is 4.79 Å². The number of aromatic amines is 1. The Bertz CT molecular complexity index is 564. The minimum absolute atomic E-state index is 0.168. The topological polar surface area (TPSA) is 45.8 Å². The Balaban J connectivity index is 3.01. The highest BCUT2D eigenvalue weighted by Crippen LogP contribution is 2.27. The molecular weight excluding hydrogens is 246 g/mol. The average molecular weight is 249 g/mol. The molecular formula is C8H3Cl3N2O. The van der Waals surface area contributed by atoms with Crippen LogP contribution in [0.25, 0.3) is 10.8 Å². The Morgan fingerprint density at radius 2 is 1.93 bits per heavy atom. The summed E-state index contributed by atoms with van der Waals surface area (Å²) in [6.45, 7) is 0. The summed E-state index contributed by atoms with van der Waals surface area (Å²) in [5, 5.41) is 1.64. The van der Waals surface area contributed by atoms with Crippen LogP contribution in [0.3, 0.4) is 0 Å². The van der Waals surface area contributed by atoms with Crippen LogP contribution in [-0.2, 0) is 0 Å². The zero-order chi connectivity index (χ0) is 10.3. The first kappa shape index (κ1) is 9.77. The molecule has 0 fully saturated rings. The molecule has 0 saturated carbocycles. The van der Waals surface area contributed by atoms with Crippen molar-refractivity contribution in [2.45, 2.75) is 0 Å². The SMILES string of the molecule is O=c1cc2cc(Cl)nc(Cl)c2c(Cl)[nH]1. The fraction of sp³-hybridized carbons (Fsp3) is 0. The molecule has 0 aromatic carbocycles. The van der Waals surface area contributed by atoms with E-state index in [0.29, 0.717) is 10.8 Å². The number of H-pyrrole nitrogens is 1. The molecule has 3 nitrogen and oxygen atoms in total. The Kier molecular flexibility index (Phi) is 2.39. The van der Waals surface area contributed by atoms with E-state index in [4.69, 9.17) is 34.8 Å². The maximum absolute atomic E-state index is 11.1. The lowest BCUT2D eigenvalue weighted by Crippen LogP contribution is -2.04. The molecule has 0 bridgehead atoms. The van der Waals surface area contributed by atoms with Crippen LogP contribution in [0.4, 0.5) is 0 Å². The third kappa shape index (κ3) is 1.59. The van der Waals surface area contributed by atoms with Crippen molar-refractivity contribution in [3.8, 4) is 0 Å². The summed E-state index contributed by atoms with van der Waals surface area (Å²) in [7, 11) is 0. The van der Waals surface area contributed by atoms with Gasteiger partial charge in [0.2, 0.25) is 5.56 Å². The molecule has 0 aliphatic carbocycles. The maximum Gasteiger partial charge on any atom is 0.249 e. The number of pyridine rings is 2. The number of hydrogen-bond acceptors (Lipinski definition) is 2. The van der Waals surface area contributed by atoms with Crippen LogP contribution in [0.1, 0.15) is 0 Å². The van der Waals surface area contributed by atoms with Crippen LogP contribution < -0.4 is 5.56 Å². The molecule has 2 aromatic heterocycles. The minimum Gasteiger partial charge on any atom is -0.312 e. The van der Waals surface area contributed by atoms with E-state index in [1.165, 1.54) is 12.1 Å². The monoisotopic (exact) mass is 248 g/mol. The van der Waals surface area contributed by atoms with Gasteiger partial charge in [-0.2, -0.15) is 0 Å². The third-order valence-electron chi connectivity index (χ3n) is 1.71. The second-order valence-corrected chi connectivity index (χ2v) is 3.77. The second-order valence-electron chi connectivity index (χ2n) is 2.65. The van der Waals surface area contributed by atoms with Gasteiger partial charge in [0, 0.05) is 6.07 Å². The molecule has 0 saturated heterocycles. The van der Waals surface area contributed by atoms with E-state index in [-0.39, 0.29) is 21.0 Å². The smallest absolute Gasteiger partial charge is 0.249 e. The molecule has 72 valence electrons. The fourth-order valence-electron chi connectivity index (χ4n) is 1.18. The van der Waals surface area contributed by atoms with Gasteiger partial charge in [-0.15, -0.1) is 0 Å². The lowest BCUT2D eigenvalue weighted by atomic mass is 10.2. The number of rotatable bonds is 0. The van der Waals surface area contributed by atoms with Gasteiger partial charge in [0.25, 0.3) is 0 Å². The summed E-state index contributed by atoms with van der Waals surface area (Å²) < 4.78 is 0. The van der Waals surface area contributed by atoms with E-state index in [2.05, 4.69) is 9.97 Å². The molecule has 0 spiro atoms. The summed E-state index contributed by atoms with van der Waals surface area (Å²) in [4.78, 5) is 17.3. The Morgan fingerprint density at radius 1 is 1.21 bits per heavy atom. The van der Waals surface area contributed by atoms with Crippen LogP contribution in [0.15, 0.2) is 16.9 Å². The van der Waals surface area contributed by atoms with Crippen LogP contribution in [0, 0.1) is 0 Å². The molecule has 14 heavy (non-hydrogen) atoms. The van der Waals surface area contributed by atoms with Gasteiger partial charge in [0.05, 0.1) is 5.39 Å². The van der Waals surface area contributed by atoms with Crippen molar-refractivity contribution in [1.82, 2.24) is 9.97 Å². The number of aromatic nitrogens is 2. The van der Waals surface area contributed by atoms with Gasteiger partial charge in [-0.1, -0.05) is 34.8 Å². The summed E-state index contributed by atoms with van der Waals surface area (Å²) in [5.41, 5.74) is -0.305. The van der Waals surface area contributed by atoms with Crippen molar-refractivity contribution >= 4 is 45.6 Å². The number of halogens is 3. The van der Waals surface area contributed by atoms with Gasteiger partial charge in [0.1, 0.15) is 15.5 Å².